The molecule has 0 spiro atoms. The van der Waals surface area contributed by atoms with Crippen molar-refractivity contribution in [2.24, 2.45) is 0 Å². The van der Waals surface area contributed by atoms with Gasteiger partial charge < -0.3 is 8.82 Å². The van der Waals surface area contributed by atoms with Gasteiger partial charge in [0.05, 0.1) is 16.6 Å². The van der Waals surface area contributed by atoms with E-state index in [1.165, 1.54) is 98.4 Å². The number of rotatable bonds is 2. The van der Waals surface area contributed by atoms with Crippen molar-refractivity contribution in [3.63, 3.8) is 0 Å². The van der Waals surface area contributed by atoms with Crippen LogP contribution in [0.1, 0.15) is 52.7 Å². The smallest absolute Gasteiger partial charge is 0.136 e. The molecule has 0 aliphatic rings. The van der Waals surface area contributed by atoms with Gasteiger partial charge >= 0.3 is 0 Å². The van der Waals surface area contributed by atoms with Gasteiger partial charge in [-0.3, -0.25) is 0 Å². The maximum atomic E-state index is 6.65. The summed E-state index contributed by atoms with van der Waals surface area (Å²) < 4.78 is 9.17. The van der Waals surface area contributed by atoms with E-state index >= 15 is 0 Å². The molecule has 0 radical (unpaired) electrons. The van der Waals surface area contributed by atoms with Crippen molar-refractivity contribution in [2.45, 2.75) is 52.4 Å². The third-order valence-corrected chi connectivity index (χ3v) is 12.0. The Balaban J connectivity index is 1.17. The summed E-state index contributed by atoms with van der Waals surface area (Å²) in [7, 11) is 0. The summed E-state index contributed by atoms with van der Waals surface area (Å²) in [6.07, 6.45) is 0. The number of benzene rings is 8. The van der Waals surface area contributed by atoms with E-state index < -0.39 is 0 Å². The summed E-state index contributed by atoms with van der Waals surface area (Å²) >= 11 is 0. The van der Waals surface area contributed by atoms with Gasteiger partial charge in [0.15, 0.2) is 0 Å². The van der Waals surface area contributed by atoms with Gasteiger partial charge in [-0.2, -0.15) is 0 Å². The van der Waals surface area contributed by atoms with Crippen LogP contribution in [0.15, 0.2) is 144 Å². The quantitative estimate of drug-likeness (QED) is 0.176. The van der Waals surface area contributed by atoms with Crippen molar-refractivity contribution in [3.8, 4) is 22.3 Å². The molecule has 0 aliphatic heterocycles. The molecule has 0 unspecified atom stereocenters. The molecule has 54 heavy (non-hydrogen) atoms. The highest BCUT2D eigenvalue weighted by molar-refractivity contribution is 6.36. The minimum Gasteiger partial charge on any atom is -0.456 e. The van der Waals surface area contributed by atoms with Crippen LogP contribution in [-0.4, -0.2) is 4.40 Å². The Labute approximate surface area is 314 Å². The summed E-state index contributed by atoms with van der Waals surface area (Å²) in [5, 5.41) is 12.3. The van der Waals surface area contributed by atoms with Crippen LogP contribution in [0.5, 0.6) is 0 Å². The van der Waals surface area contributed by atoms with Crippen LogP contribution in [0.3, 0.4) is 0 Å². The Morgan fingerprint density at radius 2 is 0.907 bits per heavy atom. The van der Waals surface area contributed by atoms with Gasteiger partial charge in [-0.05, 0) is 114 Å². The number of aromatic nitrogens is 1. The molecule has 0 saturated carbocycles. The fourth-order valence-corrected chi connectivity index (χ4v) is 8.99. The van der Waals surface area contributed by atoms with Crippen LogP contribution in [-0.2, 0) is 10.8 Å². The minimum atomic E-state index is 0.126. The number of nitrogens with zero attached hydrogens (tertiary/aromatic N) is 1. The molecule has 0 N–H and O–H groups in total. The first-order chi connectivity index (χ1) is 26.0. The molecular formula is C52H41NO. The number of furan rings is 1. The molecule has 0 atom stereocenters. The molecule has 0 bridgehead atoms. The van der Waals surface area contributed by atoms with Gasteiger partial charge in [-0.25, -0.2) is 0 Å². The van der Waals surface area contributed by atoms with Crippen molar-refractivity contribution in [1.29, 1.82) is 0 Å². The zero-order valence-electron chi connectivity index (χ0n) is 31.6. The van der Waals surface area contributed by atoms with Gasteiger partial charge in [0.25, 0.3) is 0 Å². The molecule has 11 rings (SSSR count). The van der Waals surface area contributed by atoms with Gasteiger partial charge in [0.2, 0.25) is 0 Å². The molecule has 0 amide bonds. The molecule has 2 heteroatoms. The Kier molecular flexibility index (Phi) is 6.24. The summed E-state index contributed by atoms with van der Waals surface area (Å²) in [5.74, 6) is 0. The molecule has 0 fully saturated rings. The molecular weight excluding hydrogens is 655 g/mol. The number of para-hydroxylation sites is 1. The van der Waals surface area contributed by atoms with Crippen LogP contribution in [0.25, 0.3) is 104 Å². The standard InChI is InChI=1S/C52H41NO/c1-51(2,3)38-19-15-30(16-20-38)32-11-13-34-27-44-41(25-36(34)23-32)42-29-47-48(40-9-7-8-10-46(40)54-47)49-43-26-37-24-33(31-17-21-39(22-18-31)52(4,5)6)12-14-35(37)28-45(43)53(44)50(42)49/h7-29H,1-6H3. The lowest BCUT2D eigenvalue weighted by Crippen LogP contribution is -2.10. The Bertz CT molecular complexity index is 3300. The normalized spacial score (nSPS) is 13.0. The fraction of sp³-hybridized carbons (Fsp3) is 0.154. The Morgan fingerprint density at radius 3 is 1.48 bits per heavy atom. The van der Waals surface area contributed by atoms with E-state index in [1.54, 1.807) is 0 Å². The second-order valence-corrected chi connectivity index (χ2v) is 17.5. The number of hydrogen-bond acceptors (Lipinski definition) is 1. The van der Waals surface area contributed by atoms with Crippen molar-refractivity contribution in [3.05, 3.63) is 151 Å². The van der Waals surface area contributed by atoms with Crippen molar-refractivity contribution >= 4 is 81.6 Å². The lowest BCUT2D eigenvalue weighted by Gasteiger charge is -2.19. The second kappa shape index (κ2) is 10.7. The fourth-order valence-electron chi connectivity index (χ4n) is 8.99. The minimum absolute atomic E-state index is 0.126. The van der Waals surface area contributed by atoms with Gasteiger partial charge in [-0.1, -0.05) is 133 Å². The highest BCUT2D eigenvalue weighted by atomic mass is 16.3. The number of hydrogen-bond donors (Lipinski definition) is 0. The van der Waals surface area contributed by atoms with Crippen molar-refractivity contribution in [2.75, 3.05) is 0 Å². The second-order valence-electron chi connectivity index (χ2n) is 17.5. The van der Waals surface area contributed by atoms with E-state index in [9.17, 15) is 0 Å². The van der Waals surface area contributed by atoms with Gasteiger partial charge in [0.1, 0.15) is 11.2 Å². The Hall–Kier alpha value is -6.12. The van der Waals surface area contributed by atoms with Crippen LogP contribution in [0, 0.1) is 0 Å². The molecule has 3 aromatic heterocycles. The van der Waals surface area contributed by atoms with Gasteiger partial charge in [-0.15, -0.1) is 0 Å². The summed E-state index contributed by atoms with van der Waals surface area (Å²) in [4.78, 5) is 0. The van der Waals surface area contributed by atoms with Crippen LogP contribution in [0.4, 0.5) is 0 Å². The molecule has 11 aromatic rings. The number of fused-ring (bicyclic) bond motifs is 12. The molecule has 8 aromatic carbocycles. The third kappa shape index (κ3) is 4.53. The van der Waals surface area contributed by atoms with E-state index in [4.69, 9.17) is 4.42 Å². The largest absolute Gasteiger partial charge is 0.456 e. The van der Waals surface area contributed by atoms with Crippen LogP contribution in [0.2, 0.25) is 0 Å². The maximum Gasteiger partial charge on any atom is 0.136 e. The Morgan fingerprint density at radius 1 is 0.389 bits per heavy atom. The topological polar surface area (TPSA) is 17.6 Å². The average Bonchev–Trinajstić information content (AvgIpc) is 3.80. The molecule has 0 saturated heterocycles. The molecule has 0 aliphatic carbocycles. The van der Waals surface area contributed by atoms with Crippen LogP contribution < -0.4 is 0 Å². The monoisotopic (exact) mass is 695 g/mol. The molecule has 260 valence electrons. The van der Waals surface area contributed by atoms with E-state index in [-0.39, 0.29) is 10.8 Å². The predicted octanol–water partition coefficient (Wildman–Crippen LogP) is 15.0. The van der Waals surface area contributed by atoms with E-state index in [0.717, 1.165) is 16.6 Å². The average molecular weight is 696 g/mol. The van der Waals surface area contributed by atoms with Crippen molar-refractivity contribution < 1.29 is 4.42 Å². The lowest BCUT2D eigenvalue weighted by atomic mass is 9.86. The van der Waals surface area contributed by atoms with Crippen molar-refractivity contribution in [1.82, 2.24) is 4.40 Å². The first-order valence-corrected chi connectivity index (χ1v) is 19.2. The van der Waals surface area contributed by atoms with E-state index in [2.05, 4.69) is 185 Å². The maximum absolute atomic E-state index is 6.65. The zero-order valence-corrected chi connectivity index (χ0v) is 31.6. The third-order valence-electron chi connectivity index (χ3n) is 12.0. The highest BCUT2D eigenvalue weighted by Crippen LogP contribution is 2.47. The molecule has 3 heterocycles. The summed E-state index contributed by atoms with van der Waals surface area (Å²) in [6.45, 7) is 13.6. The zero-order chi connectivity index (χ0) is 36.7. The lowest BCUT2D eigenvalue weighted by molar-refractivity contribution is 0.590. The van der Waals surface area contributed by atoms with E-state index in [1.807, 2.05) is 0 Å². The summed E-state index contributed by atoms with van der Waals surface area (Å²) in [6, 6.07) is 52.4. The van der Waals surface area contributed by atoms with E-state index in [0.29, 0.717) is 0 Å². The molecule has 2 nitrogen and oxygen atoms in total. The van der Waals surface area contributed by atoms with Gasteiger partial charge in [0, 0.05) is 32.3 Å². The first kappa shape index (κ1) is 31.4. The van der Waals surface area contributed by atoms with Crippen LogP contribution >= 0.6 is 0 Å². The summed E-state index contributed by atoms with van der Waals surface area (Å²) in [5.41, 5.74) is 13.5. The predicted molar refractivity (Wildman–Crippen MR) is 232 cm³/mol. The first-order valence-electron chi connectivity index (χ1n) is 19.2. The highest BCUT2D eigenvalue weighted by Gasteiger charge is 2.24. The SMILES string of the molecule is CC(C)(C)c1ccc(-c2ccc3cc4c(cc3c2)c2cc3oc5ccccc5c3c3c5cc6cc(-c7ccc(C(C)(C)C)cc7)ccc6cc5n4c23)cc1.